The molecular weight excluding hydrogens is 440 g/mol. The van der Waals surface area contributed by atoms with Crippen LogP contribution in [0.2, 0.25) is 0 Å². The van der Waals surface area contributed by atoms with Crippen LogP contribution in [0.1, 0.15) is 77.1 Å². The second-order valence-electron chi connectivity index (χ2n) is 10.4. The van der Waals surface area contributed by atoms with Crippen LogP contribution in [0.3, 0.4) is 0 Å². The SMILES string of the molecule is Cc1cc(C)cc([C@@H]2/C(=C3\C(=O)c4ccccc4[C@@H]3c3cc(C)cc(C)c3)C(=O)c3ccccc32)c1. The minimum atomic E-state index is -0.269. The van der Waals surface area contributed by atoms with Gasteiger partial charge in [0.1, 0.15) is 0 Å². The average Bonchev–Trinajstić information content (AvgIpc) is 3.29. The Kier molecular flexibility index (Phi) is 5.15. The summed E-state index contributed by atoms with van der Waals surface area (Å²) in [5.74, 6) is -0.594. The lowest BCUT2D eigenvalue weighted by Crippen LogP contribution is -2.14. The van der Waals surface area contributed by atoms with Gasteiger partial charge in [-0.2, -0.15) is 0 Å². The maximum Gasteiger partial charge on any atom is 0.190 e. The van der Waals surface area contributed by atoms with Crippen LogP contribution in [0, 0.1) is 27.7 Å². The molecule has 36 heavy (non-hydrogen) atoms. The summed E-state index contributed by atoms with van der Waals surface area (Å²) in [6.45, 7) is 8.34. The molecule has 2 nitrogen and oxygen atoms in total. The van der Waals surface area contributed by atoms with E-state index < -0.39 is 0 Å². The quantitative estimate of drug-likeness (QED) is 0.284. The smallest absolute Gasteiger partial charge is 0.190 e. The van der Waals surface area contributed by atoms with Crippen LogP contribution in [0.5, 0.6) is 0 Å². The summed E-state index contributed by atoms with van der Waals surface area (Å²) in [6.07, 6.45) is 0. The lowest BCUT2D eigenvalue weighted by atomic mass is 9.80. The van der Waals surface area contributed by atoms with Crippen LogP contribution in [0.4, 0.5) is 0 Å². The molecular formula is C34H28O2. The Morgan fingerprint density at radius 2 is 0.806 bits per heavy atom. The average molecular weight is 469 g/mol. The van der Waals surface area contributed by atoms with Crippen molar-refractivity contribution in [2.24, 2.45) is 0 Å². The number of rotatable bonds is 2. The highest BCUT2D eigenvalue weighted by atomic mass is 16.1. The second-order valence-corrected chi connectivity index (χ2v) is 10.4. The van der Waals surface area contributed by atoms with Gasteiger partial charge in [0.05, 0.1) is 0 Å². The maximum atomic E-state index is 14.1. The highest BCUT2D eigenvalue weighted by molar-refractivity contribution is 6.24. The van der Waals surface area contributed by atoms with E-state index in [0.717, 1.165) is 44.5 Å². The first-order chi connectivity index (χ1) is 17.3. The van der Waals surface area contributed by atoms with Crippen molar-refractivity contribution >= 4 is 11.6 Å². The molecule has 0 saturated carbocycles. The van der Waals surface area contributed by atoms with Crippen molar-refractivity contribution in [3.63, 3.8) is 0 Å². The fourth-order valence-corrected chi connectivity index (χ4v) is 6.38. The summed E-state index contributed by atoms with van der Waals surface area (Å²) in [5, 5.41) is 0. The molecule has 4 aromatic carbocycles. The van der Waals surface area contributed by atoms with E-state index in [1.807, 2.05) is 48.5 Å². The standard InChI is InChI=1S/C34H28O2/c1-19-13-20(2)16-23(15-19)29-25-9-5-7-11-27(25)33(35)31(29)32-30(24-17-21(3)14-22(4)18-24)26-10-6-8-12-28(26)34(32)36/h5-18,29-30H,1-4H3/b32-31+/t29-,30-/m0/s1. The molecule has 0 amide bonds. The van der Waals surface area contributed by atoms with Crippen LogP contribution in [-0.4, -0.2) is 11.6 Å². The molecule has 0 fully saturated rings. The van der Waals surface area contributed by atoms with Gasteiger partial charge in [-0.05, 0) is 49.9 Å². The van der Waals surface area contributed by atoms with E-state index in [4.69, 9.17) is 0 Å². The number of Topliss-reactive ketones (excluding diaryl/α,β-unsaturated/α-hetero) is 2. The number of carbonyl (C=O) groups excluding carboxylic acids is 2. The summed E-state index contributed by atoms with van der Waals surface area (Å²) in [4.78, 5) is 28.3. The van der Waals surface area contributed by atoms with E-state index >= 15 is 0 Å². The number of ketones is 2. The van der Waals surface area contributed by atoms with E-state index in [1.54, 1.807) is 0 Å². The van der Waals surface area contributed by atoms with Gasteiger partial charge in [-0.15, -0.1) is 0 Å². The molecule has 0 unspecified atom stereocenters. The minimum absolute atomic E-state index is 0.0275. The summed E-state index contributed by atoms with van der Waals surface area (Å²) in [6, 6.07) is 28.6. The van der Waals surface area contributed by atoms with Crippen LogP contribution in [-0.2, 0) is 0 Å². The van der Waals surface area contributed by atoms with Crippen molar-refractivity contribution in [1.29, 1.82) is 0 Å². The van der Waals surface area contributed by atoms with Gasteiger partial charge in [-0.3, -0.25) is 9.59 Å². The molecule has 2 atom stereocenters. The third kappa shape index (κ3) is 3.40. The number of aryl methyl sites for hydroxylation is 4. The van der Waals surface area contributed by atoms with Crippen LogP contribution >= 0.6 is 0 Å². The topological polar surface area (TPSA) is 34.1 Å². The number of carbonyl (C=O) groups is 2. The van der Waals surface area contributed by atoms with Gasteiger partial charge < -0.3 is 0 Å². The molecule has 2 aliphatic rings. The normalized spacial score (nSPS) is 20.6. The lowest BCUT2D eigenvalue weighted by Gasteiger charge is -2.21. The van der Waals surface area contributed by atoms with Gasteiger partial charge in [0.2, 0.25) is 0 Å². The Balaban J connectivity index is 1.70. The van der Waals surface area contributed by atoms with E-state index in [9.17, 15) is 9.59 Å². The Bertz CT molecular complexity index is 1460. The van der Waals surface area contributed by atoms with E-state index in [0.29, 0.717) is 22.3 Å². The molecule has 0 saturated heterocycles. The fraction of sp³-hybridized carbons (Fsp3) is 0.176. The molecule has 2 heteroatoms. The molecule has 0 aliphatic heterocycles. The second kappa shape index (κ2) is 8.27. The molecule has 0 bridgehead atoms. The molecule has 0 heterocycles. The highest BCUT2D eigenvalue weighted by Gasteiger charge is 2.45. The third-order valence-corrected chi connectivity index (χ3v) is 7.54. The van der Waals surface area contributed by atoms with Gasteiger partial charge in [0.15, 0.2) is 11.6 Å². The van der Waals surface area contributed by atoms with Crippen LogP contribution < -0.4 is 0 Å². The van der Waals surface area contributed by atoms with Crippen molar-refractivity contribution in [2.75, 3.05) is 0 Å². The Morgan fingerprint density at radius 3 is 1.17 bits per heavy atom. The highest BCUT2D eigenvalue weighted by Crippen LogP contribution is 2.51. The largest absolute Gasteiger partial charge is 0.289 e. The Labute approximate surface area is 212 Å². The summed E-state index contributed by atoms with van der Waals surface area (Å²) >= 11 is 0. The third-order valence-electron chi connectivity index (χ3n) is 7.54. The molecule has 176 valence electrons. The van der Waals surface area contributed by atoms with Gasteiger partial charge in [0.25, 0.3) is 0 Å². The summed E-state index contributed by atoms with van der Waals surface area (Å²) in [7, 11) is 0. The predicted octanol–water partition coefficient (Wildman–Crippen LogP) is 7.57. The molecule has 0 N–H and O–H groups in total. The molecule has 0 radical (unpaired) electrons. The van der Waals surface area contributed by atoms with E-state index in [1.165, 1.54) is 0 Å². The first kappa shape index (κ1) is 22.4. The zero-order chi connectivity index (χ0) is 25.1. The zero-order valence-electron chi connectivity index (χ0n) is 21.1. The van der Waals surface area contributed by atoms with Crippen LogP contribution in [0.25, 0.3) is 0 Å². The first-order valence-corrected chi connectivity index (χ1v) is 12.5. The van der Waals surface area contributed by atoms with Crippen molar-refractivity contribution in [2.45, 2.75) is 39.5 Å². The number of benzene rings is 4. The van der Waals surface area contributed by atoms with Crippen LogP contribution in [0.15, 0.2) is 96.1 Å². The van der Waals surface area contributed by atoms with E-state index in [-0.39, 0.29) is 23.4 Å². The number of hydrogen-bond acceptors (Lipinski definition) is 2. The zero-order valence-corrected chi connectivity index (χ0v) is 21.1. The predicted molar refractivity (Wildman–Crippen MR) is 144 cm³/mol. The van der Waals surface area contributed by atoms with Crippen molar-refractivity contribution in [1.82, 2.24) is 0 Å². The lowest BCUT2D eigenvalue weighted by molar-refractivity contribution is 0.100. The van der Waals surface area contributed by atoms with Crippen molar-refractivity contribution < 1.29 is 9.59 Å². The van der Waals surface area contributed by atoms with Crippen molar-refractivity contribution in [3.05, 3.63) is 152 Å². The molecule has 4 aromatic rings. The van der Waals surface area contributed by atoms with Gasteiger partial charge in [0, 0.05) is 34.1 Å². The first-order valence-electron chi connectivity index (χ1n) is 12.5. The monoisotopic (exact) mass is 468 g/mol. The number of hydrogen-bond donors (Lipinski definition) is 0. The summed E-state index contributed by atoms with van der Waals surface area (Å²) in [5.41, 5.74) is 11.4. The van der Waals surface area contributed by atoms with Crippen molar-refractivity contribution in [3.8, 4) is 0 Å². The van der Waals surface area contributed by atoms with Gasteiger partial charge in [-0.25, -0.2) is 0 Å². The number of fused-ring (bicyclic) bond motifs is 2. The molecule has 0 aromatic heterocycles. The van der Waals surface area contributed by atoms with Gasteiger partial charge >= 0.3 is 0 Å². The molecule has 6 rings (SSSR count). The maximum absolute atomic E-state index is 14.1. The van der Waals surface area contributed by atoms with E-state index in [2.05, 4.69) is 64.1 Å². The molecule has 2 aliphatic carbocycles. The fourth-order valence-electron chi connectivity index (χ4n) is 6.38. The summed E-state index contributed by atoms with van der Waals surface area (Å²) < 4.78 is 0. The Morgan fingerprint density at radius 1 is 0.472 bits per heavy atom. The minimum Gasteiger partial charge on any atom is -0.289 e. The molecule has 0 spiro atoms. The van der Waals surface area contributed by atoms with Gasteiger partial charge in [-0.1, -0.05) is 107 Å². The number of allylic oxidation sites excluding steroid dienone is 2. The Hall–Kier alpha value is -4.04.